The van der Waals surface area contributed by atoms with Gasteiger partial charge < -0.3 is 0 Å². The second kappa shape index (κ2) is 4.97. The van der Waals surface area contributed by atoms with Crippen molar-refractivity contribution in [2.75, 3.05) is 0 Å². The molecule has 0 amide bonds. The molecule has 6 heteroatoms. The molecule has 0 aliphatic heterocycles. The summed E-state index contributed by atoms with van der Waals surface area (Å²) in [6.07, 6.45) is 2.44. The monoisotopic (exact) mass is 304 g/mol. The number of rotatable bonds is 3. The number of nitrogens with zero attached hydrogens (tertiary/aromatic N) is 1. The lowest BCUT2D eigenvalue weighted by molar-refractivity contribution is 0.600. The molecule has 0 saturated carbocycles. The molecule has 0 fully saturated rings. The van der Waals surface area contributed by atoms with Gasteiger partial charge in [-0.2, -0.15) is 0 Å². The molecular formula is C14H12N2O2S2. The molecule has 0 aliphatic rings. The van der Waals surface area contributed by atoms with Gasteiger partial charge in [0.2, 0.25) is 10.0 Å². The maximum absolute atomic E-state index is 11.3. The number of aromatic nitrogens is 1. The van der Waals surface area contributed by atoms with E-state index in [2.05, 4.69) is 4.98 Å². The summed E-state index contributed by atoms with van der Waals surface area (Å²) in [4.78, 5) is 5.28. The third-order valence-electron chi connectivity index (χ3n) is 3.02. The highest BCUT2D eigenvalue weighted by Crippen LogP contribution is 2.25. The summed E-state index contributed by atoms with van der Waals surface area (Å²) in [6.45, 7) is 0. The second-order valence-electron chi connectivity index (χ2n) is 4.43. The van der Waals surface area contributed by atoms with Crippen molar-refractivity contribution in [1.82, 2.24) is 4.98 Å². The Labute approximate surface area is 120 Å². The highest BCUT2D eigenvalue weighted by Gasteiger charge is 2.12. The second-order valence-corrected chi connectivity index (χ2v) is 7.39. The molecule has 0 radical (unpaired) electrons. The third kappa shape index (κ3) is 2.58. The van der Waals surface area contributed by atoms with Gasteiger partial charge in [0, 0.05) is 22.9 Å². The molecule has 2 heterocycles. The van der Waals surface area contributed by atoms with Crippen molar-refractivity contribution >= 4 is 32.3 Å². The Hall–Kier alpha value is -1.76. The predicted molar refractivity (Wildman–Crippen MR) is 80.2 cm³/mol. The van der Waals surface area contributed by atoms with Crippen molar-refractivity contribution < 1.29 is 8.42 Å². The number of thiophene rings is 1. The number of hydrogen-bond acceptors (Lipinski definition) is 4. The van der Waals surface area contributed by atoms with Gasteiger partial charge in [0.25, 0.3) is 0 Å². The number of primary sulfonamides is 1. The first kappa shape index (κ1) is 13.2. The normalized spacial score (nSPS) is 11.8. The van der Waals surface area contributed by atoms with E-state index < -0.39 is 10.0 Å². The molecule has 0 bridgehead atoms. The molecule has 0 atom stereocenters. The molecule has 0 aliphatic carbocycles. The van der Waals surface area contributed by atoms with E-state index in [0.29, 0.717) is 6.42 Å². The summed E-state index contributed by atoms with van der Waals surface area (Å²) in [5, 5.41) is 6.21. The Morgan fingerprint density at radius 2 is 1.90 bits per heavy atom. The number of nitrogens with two attached hydrogens (primary N) is 1. The lowest BCUT2D eigenvalue weighted by atomic mass is 10.1. The first-order valence-corrected chi connectivity index (χ1v) is 8.34. The van der Waals surface area contributed by atoms with E-state index >= 15 is 0 Å². The van der Waals surface area contributed by atoms with Crippen molar-refractivity contribution in [1.29, 1.82) is 0 Å². The molecule has 2 aromatic heterocycles. The fraction of sp³-hybridized carbons (Fsp3) is 0.0714. The molecule has 3 aromatic rings. The molecule has 0 unspecified atom stereocenters. The van der Waals surface area contributed by atoms with Crippen LogP contribution in [-0.2, 0) is 16.4 Å². The topological polar surface area (TPSA) is 73.1 Å². The molecule has 4 nitrogen and oxygen atoms in total. The van der Waals surface area contributed by atoms with Gasteiger partial charge >= 0.3 is 0 Å². The molecular weight excluding hydrogens is 292 g/mol. The molecule has 1 aromatic carbocycles. The van der Waals surface area contributed by atoms with E-state index in [-0.39, 0.29) is 4.21 Å². The van der Waals surface area contributed by atoms with Gasteiger partial charge in [-0.1, -0.05) is 18.2 Å². The molecule has 20 heavy (non-hydrogen) atoms. The molecule has 2 N–H and O–H groups in total. The van der Waals surface area contributed by atoms with Crippen LogP contribution in [0.2, 0.25) is 0 Å². The Balaban J connectivity index is 2.00. The van der Waals surface area contributed by atoms with Crippen LogP contribution in [0.3, 0.4) is 0 Å². The SMILES string of the molecule is NS(=O)(=O)c1ccc(Cc2ccnc3ccccc23)s1. The smallest absolute Gasteiger partial charge is 0.247 e. The first-order chi connectivity index (χ1) is 9.54. The summed E-state index contributed by atoms with van der Waals surface area (Å²) >= 11 is 1.21. The van der Waals surface area contributed by atoms with Crippen molar-refractivity contribution in [2.45, 2.75) is 10.6 Å². The maximum atomic E-state index is 11.3. The van der Waals surface area contributed by atoms with E-state index in [1.807, 2.05) is 30.3 Å². The summed E-state index contributed by atoms with van der Waals surface area (Å²) in [7, 11) is -3.61. The number of pyridine rings is 1. The Kier molecular flexibility index (Phi) is 3.29. The Morgan fingerprint density at radius 3 is 2.65 bits per heavy atom. The summed E-state index contributed by atoms with van der Waals surface area (Å²) < 4.78 is 22.8. The lowest BCUT2D eigenvalue weighted by Gasteiger charge is -2.04. The minimum absolute atomic E-state index is 0.200. The van der Waals surface area contributed by atoms with Crippen LogP contribution >= 0.6 is 11.3 Å². The van der Waals surface area contributed by atoms with Gasteiger partial charge in [-0.25, -0.2) is 13.6 Å². The van der Waals surface area contributed by atoms with Gasteiger partial charge in [-0.15, -0.1) is 11.3 Å². The highest BCUT2D eigenvalue weighted by atomic mass is 32.2. The quantitative estimate of drug-likeness (QED) is 0.808. The number of benzene rings is 1. The van der Waals surface area contributed by atoms with E-state index in [4.69, 9.17) is 5.14 Å². The van der Waals surface area contributed by atoms with Crippen molar-refractivity contribution in [3.63, 3.8) is 0 Å². The highest BCUT2D eigenvalue weighted by molar-refractivity contribution is 7.91. The minimum atomic E-state index is -3.61. The van der Waals surface area contributed by atoms with Crippen LogP contribution in [0.15, 0.2) is 52.9 Å². The molecule has 0 saturated heterocycles. The zero-order valence-corrected chi connectivity index (χ0v) is 12.1. The lowest BCUT2D eigenvalue weighted by Crippen LogP contribution is -2.09. The Bertz CT molecular complexity index is 864. The van der Waals surface area contributed by atoms with Crippen LogP contribution in [0.4, 0.5) is 0 Å². The van der Waals surface area contributed by atoms with E-state index in [0.717, 1.165) is 21.3 Å². The van der Waals surface area contributed by atoms with E-state index in [1.54, 1.807) is 18.3 Å². The third-order valence-corrected chi connectivity index (χ3v) is 5.55. The summed E-state index contributed by atoms with van der Waals surface area (Å²) in [6, 6.07) is 13.2. The minimum Gasteiger partial charge on any atom is -0.256 e. The van der Waals surface area contributed by atoms with Gasteiger partial charge in [0.05, 0.1) is 5.52 Å². The number of sulfonamides is 1. The Morgan fingerprint density at radius 1 is 1.10 bits per heavy atom. The molecule has 102 valence electrons. The summed E-state index contributed by atoms with van der Waals surface area (Å²) in [5.41, 5.74) is 2.06. The van der Waals surface area contributed by atoms with Crippen LogP contribution in [0, 0.1) is 0 Å². The predicted octanol–water partition coefficient (Wildman–Crippen LogP) is 2.53. The molecule has 3 rings (SSSR count). The van der Waals surface area contributed by atoms with Crippen molar-refractivity contribution in [3.05, 3.63) is 59.1 Å². The number of para-hydroxylation sites is 1. The van der Waals surface area contributed by atoms with Crippen LogP contribution in [0.5, 0.6) is 0 Å². The van der Waals surface area contributed by atoms with E-state index in [9.17, 15) is 8.42 Å². The zero-order valence-electron chi connectivity index (χ0n) is 10.5. The van der Waals surface area contributed by atoms with Gasteiger partial charge in [0.15, 0.2) is 0 Å². The van der Waals surface area contributed by atoms with Gasteiger partial charge in [-0.3, -0.25) is 4.98 Å². The summed E-state index contributed by atoms with van der Waals surface area (Å²) in [5.74, 6) is 0. The first-order valence-electron chi connectivity index (χ1n) is 5.98. The average Bonchev–Trinajstić information content (AvgIpc) is 2.88. The average molecular weight is 304 g/mol. The van der Waals surface area contributed by atoms with Crippen molar-refractivity contribution in [3.8, 4) is 0 Å². The van der Waals surface area contributed by atoms with Crippen LogP contribution < -0.4 is 5.14 Å². The van der Waals surface area contributed by atoms with Crippen LogP contribution in [0.1, 0.15) is 10.4 Å². The van der Waals surface area contributed by atoms with Crippen LogP contribution in [-0.4, -0.2) is 13.4 Å². The van der Waals surface area contributed by atoms with E-state index in [1.165, 1.54) is 11.3 Å². The van der Waals surface area contributed by atoms with Gasteiger partial charge in [0.1, 0.15) is 4.21 Å². The number of fused-ring (bicyclic) bond motifs is 1. The largest absolute Gasteiger partial charge is 0.256 e. The standard InChI is InChI=1S/C14H12N2O2S2/c15-20(17,18)14-6-5-11(19-14)9-10-7-8-16-13-4-2-1-3-12(10)13/h1-8H,9H2,(H2,15,17,18). The number of hydrogen-bond donors (Lipinski definition) is 1. The fourth-order valence-electron chi connectivity index (χ4n) is 2.10. The van der Waals surface area contributed by atoms with Gasteiger partial charge in [-0.05, 0) is 29.8 Å². The maximum Gasteiger partial charge on any atom is 0.247 e. The molecule has 0 spiro atoms. The fourth-order valence-corrected chi connectivity index (χ4v) is 3.90. The zero-order chi connectivity index (χ0) is 14.2. The van der Waals surface area contributed by atoms with Crippen LogP contribution in [0.25, 0.3) is 10.9 Å². The van der Waals surface area contributed by atoms with Crippen molar-refractivity contribution in [2.24, 2.45) is 5.14 Å².